The Hall–Kier alpha value is -1.86. The van der Waals surface area contributed by atoms with E-state index in [2.05, 4.69) is 36.9 Å². The highest BCUT2D eigenvalue weighted by molar-refractivity contribution is 9.10. The molecular weight excluding hydrogens is 384 g/mol. The monoisotopic (exact) mass is 406 g/mol. The lowest BCUT2D eigenvalue weighted by molar-refractivity contribution is 0.273. The van der Waals surface area contributed by atoms with Gasteiger partial charge in [-0.1, -0.05) is 15.9 Å². The van der Waals surface area contributed by atoms with Gasteiger partial charge in [-0.3, -0.25) is 14.7 Å². The van der Waals surface area contributed by atoms with E-state index in [9.17, 15) is 4.79 Å². The van der Waals surface area contributed by atoms with Gasteiger partial charge in [-0.15, -0.1) is 0 Å². The fourth-order valence-electron chi connectivity index (χ4n) is 3.12. The molecule has 134 valence electrons. The first-order valence-corrected chi connectivity index (χ1v) is 9.11. The molecule has 1 aliphatic heterocycles. The van der Waals surface area contributed by atoms with Crippen molar-refractivity contribution in [3.8, 4) is 5.75 Å². The maximum atomic E-state index is 12.4. The predicted octanol–water partition coefficient (Wildman–Crippen LogP) is 2.21. The highest BCUT2D eigenvalue weighted by Gasteiger charge is 2.20. The van der Waals surface area contributed by atoms with Crippen molar-refractivity contribution in [1.82, 2.24) is 14.9 Å². The van der Waals surface area contributed by atoms with E-state index in [1.807, 2.05) is 31.1 Å². The minimum atomic E-state index is -0.0180. The first-order chi connectivity index (χ1) is 12.0. The predicted molar refractivity (Wildman–Crippen MR) is 103 cm³/mol. The molecule has 25 heavy (non-hydrogen) atoms. The maximum absolute atomic E-state index is 12.4. The minimum absolute atomic E-state index is 0.0180. The number of H-pyrrole nitrogens is 1. The molecule has 2 heterocycles. The molecule has 0 fully saturated rings. The van der Waals surface area contributed by atoms with Crippen LogP contribution in [0.15, 0.2) is 27.5 Å². The number of nitrogens with one attached hydrogen (secondary N) is 1. The molecule has 1 N–H and O–H groups in total. The van der Waals surface area contributed by atoms with Gasteiger partial charge >= 0.3 is 0 Å². The number of aromatic nitrogens is 2. The summed E-state index contributed by atoms with van der Waals surface area (Å²) in [4.78, 5) is 24.1. The Kier molecular flexibility index (Phi) is 5.44. The zero-order valence-corrected chi connectivity index (χ0v) is 16.4. The summed E-state index contributed by atoms with van der Waals surface area (Å²) in [6.45, 7) is 2.48. The van der Waals surface area contributed by atoms with E-state index < -0.39 is 0 Å². The molecule has 0 aliphatic carbocycles. The number of fused-ring (bicyclic) bond motifs is 1. The van der Waals surface area contributed by atoms with E-state index >= 15 is 0 Å². The van der Waals surface area contributed by atoms with Gasteiger partial charge in [0.2, 0.25) is 5.95 Å². The number of methoxy groups -OCH3 is 1. The first kappa shape index (κ1) is 17.9. The molecule has 0 saturated heterocycles. The maximum Gasteiger partial charge on any atom is 0.255 e. The van der Waals surface area contributed by atoms with E-state index in [0.717, 1.165) is 53.1 Å². The molecule has 0 radical (unpaired) electrons. The zero-order valence-electron chi connectivity index (χ0n) is 14.8. The molecule has 1 aromatic heterocycles. The summed E-state index contributed by atoms with van der Waals surface area (Å²) in [5.74, 6) is 1.50. The van der Waals surface area contributed by atoms with Crippen molar-refractivity contribution in [2.45, 2.75) is 19.4 Å². The zero-order chi connectivity index (χ0) is 18.0. The van der Waals surface area contributed by atoms with Crippen molar-refractivity contribution in [3.63, 3.8) is 0 Å². The molecule has 1 aromatic carbocycles. The van der Waals surface area contributed by atoms with Crippen LogP contribution >= 0.6 is 15.9 Å². The topological polar surface area (TPSA) is 61.5 Å². The van der Waals surface area contributed by atoms with Gasteiger partial charge in [-0.2, -0.15) is 0 Å². The van der Waals surface area contributed by atoms with Crippen LogP contribution in [-0.4, -0.2) is 49.2 Å². The molecule has 1 aliphatic rings. The summed E-state index contributed by atoms with van der Waals surface area (Å²) in [6.07, 6.45) is 1.48. The molecule has 7 heteroatoms. The van der Waals surface area contributed by atoms with Crippen molar-refractivity contribution >= 4 is 21.9 Å². The second kappa shape index (κ2) is 7.58. The second-order valence-electron chi connectivity index (χ2n) is 6.44. The summed E-state index contributed by atoms with van der Waals surface area (Å²) < 4.78 is 6.51. The van der Waals surface area contributed by atoms with Crippen LogP contribution in [0.5, 0.6) is 5.75 Å². The van der Waals surface area contributed by atoms with E-state index in [-0.39, 0.29) is 5.56 Å². The number of anilines is 1. The largest absolute Gasteiger partial charge is 0.496 e. The number of hydrogen-bond donors (Lipinski definition) is 1. The lowest BCUT2D eigenvalue weighted by Gasteiger charge is -2.21. The quantitative estimate of drug-likeness (QED) is 0.842. The van der Waals surface area contributed by atoms with Crippen LogP contribution in [0.25, 0.3) is 0 Å². The lowest BCUT2D eigenvalue weighted by Crippen LogP contribution is -2.26. The number of halogens is 1. The molecule has 0 atom stereocenters. The average Bonchev–Trinajstić information content (AvgIpc) is 2.78. The van der Waals surface area contributed by atoms with Crippen molar-refractivity contribution in [1.29, 1.82) is 0 Å². The standard InChI is InChI=1S/C18H23BrN4O2/c1-22(2)18-20-15-7-9-23(8-6-14(15)17(24)21-18)11-12-10-13(19)4-5-16(12)25-3/h4-5,10H,6-9,11H2,1-3H3,(H,20,21,24). The van der Waals surface area contributed by atoms with Crippen LogP contribution in [-0.2, 0) is 19.4 Å². The van der Waals surface area contributed by atoms with Crippen LogP contribution in [0, 0.1) is 0 Å². The van der Waals surface area contributed by atoms with Crippen LogP contribution < -0.4 is 15.2 Å². The highest BCUT2D eigenvalue weighted by atomic mass is 79.9. The Bertz CT molecular complexity index is 819. The van der Waals surface area contributed by atoms with Gasteiger partial charge in [0.05, 0.1) is 12.8 Å². The summed E-state index contributed by atoms with van der Waals surface area (Å²) in [6, 6.07) is 6.04. The molecular formula is C18H23BrN4O2. The minimum Gasteiger partial charge on any atom is -0.496 e. The number of hydrogen-bond acceptors (Lipinski definition) is 5. The van der Waals surface area contributed by atoms with Crippen molar-refractivity contribution < 1.29 is 4.74 Å². The molecule has 0 amide bonds. The summed E-state index contributed by atoms with van der Waals surface area (Å²) in [5, 5.41) is 0. The van der Waals surface area contributed by atoms with Gasteiger partial charge in [0.15, 0.2) is 0 Å². The second-order valence-corrected chi connectivity index (χ2v) is 7.36. The van der Waals surface area contributed by atoms with Crippen LogP contribution in [0.3, 0.4) is 0 Å². The Morgan fingerprint density at radius 1 is 1.32 bits per heavy atom. The number of nitrogens with zero attached hydrogens (tertiary/aromatic N) is 3. The number of benzene rings is 1. The third-order valence-corrected chi connectivity index (χ3v) is 4.98. The summed E-state index contributed by atoms with van der Waals surface area (Å²) in [7, 11) is 5.46. The molecule has 0 spiro atoms. The normalized spacial score (nSPS) is 14.7. The van der Waals surface area contributed by atoms with E-state index in [4.69, 9.17) is 4.74 Å². The highest BCUT2D eigenvalue weighted by Crippen LogP contribution is 2.25. The summed E-state index contributed by atoms with van der Waals surface area (Å²) >= 11 is 3.53. The Labute approximate surface area is 156 Å². The third kappa shape index (κ3) is 4.04. The average molecular weight is 407 g/mol. The van der Waals surface area contributed by atoms with Crippen molar-refractivity contribution in [3.05, 3.63) is 49.8 Å². The number of aromatic amines is 1. The Morgan fingerprint density at radius 3 is 2.80 bits per heavy atom. The van der Waals surface area contributed by atoms with E-state index in [0.29, 0.717) is 12.4 Å². The van der Waals surface area contributed by atoms with Crippen LogP contribution in [0.4, 0.5) is 5.95 Å². The van der Waals surface area contributed by atoms with Gasteiger partial charge in [0.1, 0.15) is 5.75 Å². The van der Waals surface area contributed by atoms with Gasteiger partial charge in [0, 0.05) is 55.8 Å². The van der Waals surface area contributed by atoms with Crippen LogP contribution in [0.2, 0.25) is 0 Å². The Morgan fingerprint density at radius 2 is 2.08 bits per heavy atom. The van der Waals surface area contributed by atoms with Gasteiger partial charge in [-0.05, 0) is 24.6 Å². The van der Waals surface area contributed by atoms with Crippen molar-refractivity contribution in [2.75, 3.05) is 39.2 Å². The smallest absolute Gasteiger partial charge is 0.255 e. The van der Waals surface area contributed by atoms with Crippen LogP contribution in [0.1, 0.15) is 16.8 Å². The van der Waals surface area contributed by atoms with Gasteiger partial charge in [0.25, 0.3) is 5.56 Å². The molecule has 3 rings (SSSR count). The fourth-order valence-corrected chi connectivity index (χ4v) is 3.53. The fraction of sp³-hybridized carbons (Fsp3) is 0.444. The molecule has 0 bridgehead atoms. The molecule has 6 nitrogen and oxygen atoms in total. The third-order valence-electron chi connectivity index (χ3n) is 4.49. The lowest BCUT2D eigenvalue weighted by atomic mass is 10.1. The SMILES string of the molecule is COc1ccc(Br)cc1CN1CCc2nc(N(C)C)[nH]c(=O)c2CC1. The number of ether oxygens (including phenoxy) is 1. The first-order valence-electron chi connectivity index (χ1n) is 8.32. The molecule has 0 unspecified atom stereocenters. The van der Waals surface area contributed by atoms with Gasteiger partial charge < -0.3 is 9.64 Å². The van der Waals surface area contributed by atoms with E-state index in [1.54, 1.807) is 7.11 Å². The molecule has 0 saturated carbocycles. The number of rotatable bonds is 4. The van der Waals surface area contributed by atoms with Gasteiger partial charge in [-0.25, -0.2) is 4.98 Å². The molecule has 2 aromatic rings. The summed E-state index contributed by atoms with van der Waals surface area (Å²) in [5.41, 5.74) is 2.85. The van der Waals surface area contributed by atoms with E-state index in [1.165, 1.54) is 0 Å². The Balaban J connectivity index is 1.80. The van der Waals surface area contributed by atoms with Crippen molar-refractivity contribution in [2.24, 2.45) is 0 Å².